The molecule has 0 heterocycles. The number of nitrogens with zero attached hydrogens (tertiary/aromatic N) is 1. The van der Waals surface area contributed by atoms with E-state index in [1.165, 1.54) is 25.7 Å². The highest BCUT2D eigenvalue weighted by Gasteiger charge is 2.01. The summed E-state index contributed by atoms with van der Waals surface area (Å²) in [7, 11) is 0. The summed E-state index contributed by atoms with van der Waals surface area (Å²) in [5.74, 6) is 0.183. The van der Waals surface area contributed by atoms with E-state index >= 15 is 0 Å². The second-order valence-corrected chi connectivity index (χ2v) is 5.30. The number of aromatic hydroxyl groups is 1. The van der Waals surface area contributed by atoms with Crippen LogP contribution in [0.3, 0.4) is 0 Å². The maximum Gasteiger partial charge on any atom is 0.240 e. The molecule has 116 valence electrons. The van der Waals surface area contributed by atoms with Crippen molar-refractivity contribution in [2.24, 2.45) is 5.10 Å². The maximum absolute atomic E-state index is 11.7. The highest BCUT2D eigenvalue weighted by Crippen LogP contribution is 2.10. The number of hydrazone groups is 1. The molecule has 0 aliphatic carbocycles. The Bertz CT molecular complexity index is 452. The summed E-state index contributed by atoms with van der Waals surface area (Å²) in [6.07, 6.45) is 7.54. The molecular formula is C17H26N2O2. The minimum absolute atomic E-state index is 0.0383. The van der Waals surface area contributed by atoms with Gasteiger partial charge in [-0.2, -0.15) is 5.10 Å². The van der Waals surface area contributed by atoms with Crippen LogP contribution in [0.15, 0.2) is 29.4 Å². The highest BCUT2D eigenvalue weighted by atomic mass is 16.3. The molecule has 0 bridgehead atoms. The van der Waals surface area contributed by atoms with Gasteiger partial charge in [-0.05, 0) is 43.2 Å². The molecule has 0 atom stereocenters. The largest absolute Gasteiger partial charge is 0.508 e. The van der Waals surface area contributed by atoms with Crippen LogP contribution < -0.4 is 5.43 Å². The summed E-state index contributed by atoms with van der Waals surface area (Å²) in [6, 6.07) is 6.75. The van der Waals surface area contributed by atoms with Crippen molar-refractivity contribution in [1.82, 2.24) is 5.43 Å². The molecule has 0 saturated heterocycles. The third kappa shape index (κ3) is 7.49. The van der Waals surface area contributed by atoms with E-state index in [0.29, 0.717) is 6.42 Å². The third-order valence-electron chi connectivity index (χ3n) is 3.39. The van der Waals surface area contributed by atoms with Crippen LogP contribution in [-0.4, -0.2) is 16.7 Å². The van der Waals surface area contributed by atoms with E-state index in [1.807, 2.05) is 6.92 Å². The Morgan fingerprint density at radius 2 is 1.71 bits per heavy atom. The monoisotopic (exact) mass is 290 g/mol. The van der Waals surface area contributed by atoms with E-state index in [2.05, 4.69) is 17.5 Å². The fraction of sp³-hybridized carbons (Fsp3) is 0.529. The molecule has 2 N–H and O–H groups in total. The third-order valence-corrected chi connectivity index (χ3v) is 3.39. The van der Waals surface area contributed by atoms with Crippen LogP contribution in [0.2, 0.25) is 0 Å². The van der Waals surface area contributed by atoms with Gasteiger partial charge in [-0.3, -0.25) is 4.79 Å². The van der Waals surface area contributed by atoms with Gasteiger partial charge in [0.05, 0.1) is 5.71 Å². The van der Waals surface area contributed by atoms with Crippen LogP contribution in [-0.2, 0) is 4.79 Å². The lowest BCUT2D eigenvalue weighted by molar-refractivity contribution is -0.121. The van der Waals surface area contributed by atoms with Crippen molar-refractivity contribution in [3.63, 3.8) is 0 Å². The molecule has 4 heteroatoms. The number of hydrogen-bond donors (Lipinski definition) is 2. The van der Waals surface area contributed by atoms with E-state index in [0.717, 1.165) is 24.1 Å². The van der Waals surface area contributed by atoms with Crippen LogP contribution in [0.1, 0.15) is 64.4 Å². The van der Waals surface area contributed by atoms with Gasteiger partial charge in [0.25, 0.3) is 0 Å². The van der Waals surface area contributed by atoms with Gasteiger partial charge in [0.15, 0.2) is 0 Å². The minimum atomic E-state index is -0.0383. The Morgan fingerprint density at radius 1 is 1.10 bits per heavy atom. The smallest absolute Gasteiger partial charge is 0.240 e. The summed E-state index contributed by atoms with van der Waals surface area (Å²) < 4.78 is 0. The second-order valence-electron chi connectivity index (χ2n) is 5.30. The molecule has 0 aromatic heterocycles. The van der Waals surface area contributed by atoms with Crippen molar-refractivity contribution in [2.75, 3.05) is 0 Å². The predicted octanol–water partition coefficient (Wildman–Crippen LogP) is 3.98. The Kier molecular flexibility index (Phi) is 8.17. The lowest BCUT2D eigenvalue weighted by Crippen LogP contribution is -2.18. The number of phenolic OH excluding ortho intramolecular Hbond substituents is 1. The van der Waals surface area contributed by atoms with Crippen molar-refractivity contribution in [3.05, 3.63) is 29.8 Å². The molecule has 0 aliphatic heterocycles. The summed E-state index contributed by atoms with van der Waals surface area (Å²) in [5.41, 5.74) is 4.19. The first kappa shape index (κ1) is 17.2. The fourth-order valence-electron chi connectivity index (χ4n) is 2.04. The van der Waals surface area contributed by atoms with Crippen molar-refractivity contribution < 1.29 is 9.90 Å². The first-order valence-corrected chi connectivity index (χ1v) is 7.76. The SMILES string of the molecule is CCCCCCCCC(=O)N/N=C(\C)c1ccc(O)cc1. The Morgan fingerprint density at radius 3 is 2.38 bits per heavy atom. The van der Waals surface area contributed by atoms with E-state index in [1.54, 1.807) is 24.3 Å². The number of amides is 1. The van der Waals surface area contributed by atoms with Crippen molar-refractivity contribution >= 4 is 11.6 Å². The predicted molar refractivity (Wildman–Crippen MR) is 86.5 cm³/mol. The van der Waals surface area contributed by atoms with Gasteiger partial charge in [-0.1, -0.05) is 39.0 Å². The fourth-order valence-corrected chi connectivity index (χ4v) is 2.04. The van der Waals surface area contributed by atoms with E-state index in [9.17, 15) is 9.90 Å². The zero-order valence-electron chi connectivity index (χ0n) is 13.1. The number of carbonyl (C=O) groups is 1. The molecule has 0 saturated carbocycles. The van der Waals surface area contributed by atoms with Crippen molar-refractivity contribution in [2.45, 2.75) is 58.8 Å². The number of benzene rings is 1. The first-order valence-electron chi connectivity index (χ1n) is 7.76. The lowest BCUT2D eigenvalue weighted by Gasteiger charge is -2.03. The van der Waals surface area contributed by atoms with Crippen LogP contribution in [0.5, 0.6) is 5.75 Å². The van der Waals surface area contributed by atoms with Gasteiger partial charge in [0, 0.05) is 6.42 Å². The maximum atomic E-state index is 11.7. The standard InChI is InChI=1S/C17H26N2O2/c1-3-4-5-6-7-8-9-17(21)19-18-14(2)15-10-12-16(20)13-11-15/h10-13,20H,3-9H2,1-2H3,(H,19,21)/b18-14+. The topological polar surface area (TPSA) is 61.7 Å². The Labute approximate surface area is 127 Å². The normalized spacial score (nSPS) is 11.4. The summed E-state index contributed by atoms with van der Waals surface area (Å²) in [6.45, 7) is 4.03. The second kappa shape index (κ2) is 9.97. The molecule has 0 spiro atoms. The van der Waals surface area contributed by atoms with Gasteiger partial charge in [0.1, 0.15) is 5.75 Å². The van der Waals surface area contributed by atoms with Crippen LogP contribution >= 0.6 is 0 Å². The molecule has 1 rings (SSSR count). The number of phenols is 1. The highest BCUT2D eigenvalue weighted by molar-refractivity contribution is 5.99. The lowest BCUT2D eigenvalue weighted by atomic mass is 10.1. The van der Waals surface area contributed by atoms with Gasteiger partial charge in [-0.25, -0.2) is 5.43 Å². The molecule has 4 nitrogen and oxygen atoms in total. The Balaban J connectivity index is 2.25. The van der Waals surface area contributed by atoms with Crippen LogP contribution in [0.25, 0.3) is 0 Å². The van der Waals surface area contributed by atoms with Crippen molar-refractivity contribution in [3.8, 4) is 5.75 Å². The zero-order chi connectivity index (χ0) is 15.5. The molecule has 0 aliphatic rings. The van der Waals surface area contributed by atoms with Gasteiger partial charge >= 0.3 is 0 Å². The van der Waals surface area contributed by atoms with Gasteiger partial charge < -0.3 is 5.11 Å². The zero-order valence-corrected chi connectivity index (χ0v) is 13.1. The summed E-state index contributed by atoms with van der Waals surface area (Å²) >= 11 is 0. The van der Waals surface area contributed by atoms with E-state index in [-0.39, 0.29) is 11.7 Å². The van der Waals surface area contributed by atoms with Gasteiger partial charge in [-0.15, -0.1) is 0 Å². The van der Waals surface area contributed by atoms with Crippen LogP contribution in [0.4, 0.5) is 0 Å². The van der Waals surface area contributed by atoms with E-state index in [4.69, 9.17) is 0 Å². The molecule has 1 amide bonds. The molecule has 0 unspecified atom stereocenters. The summed E-state index contributed by atoms with van der Waals surface area (Å²) in [5, 5.41) is 13.3. The van der Waals surface area contributed by atoms with E-state index < -0.39 is 0 Å². The van der Waals surface area contributed by atoms with Gasteiger partial charge in [0.2, 0.25) is 5.91 Å². The molecule has 1 aromatic rings. The number of rotatable bonds is 9. The number of hydrogen-bond acceptors (Lipinski definition) is 3. The molecule has 0 fully saturated rings. The Hall–Kier alpha value is -1.84. The van der Waals surface area contributed by atoms with Crippen LogP contribution in [0, 0.1) is 0 Å². The molecular weight excluding hydrogens is 264 g/mol. The first-order chi connectivity index (χ1) is 10.1. The quantitative estimate of drug-likeness (QED) is 0.410. The average Bonchev–Trinajstić information content (AvgIpc) is 2.49. The summed E-state index contributed by atoms with van der Waals surface area (Å²) in [4.78, 5) is 11.7. The number of carbonyl (C=O) groups excluding carboxylic acids is 1. The average molecular weight is 290 g/mol. The minimum Gasteiger partial charge on any atom is -0.508 e. The van der Waals surface area contributed by atoms with Crippen molar-refractivity contribution in [1.29, 1.82) is 0 Å². The molecule has 21 heavy (non-hydrogen) atoms. The molecule has 1 aromatic carbocycles. The molecule has 0 radical (unpaired) electrons. The number of unbranched alkanes of at least 4 members (excludes halogenated alkanes) is 5. The number of nitrogens with one attached hydrogen (secondary N) is 1.